The Morgan fingerprint density at radius 3 is 2.66 bits per heavy atom. The van der Waals surface area contributed by atoms with E-state index in [4.69, 9.17) is 9.15 Å². The molecule has 1 aliphatic rings. The van der Waals surface area contributed by atoms with Gasteiger partial charge < -0.3 is 14.5 Å². The fraction of sp³-hybridized carbons (Fsp3) is 0.333. The number of Topliss-reactive ketones (excluding diaryl/α,β-unsaturated/α-hetero) is 1. The molecule has 0 spiro atoms. The molecule has 0 unspecified atom stereocenters. The summed E-state index contributed by atoms with van der Waals surface area (Å²) < 4.78 is 12.0. The van der Waals surface area contributed by atoms with Crippen LogP contribution in [0.5, 0.6) is 5.75 Å². The quantitative estimate of drug-likeness (QED) is 0.618. The Labute approximate surface area is 170 Å². The second kappa shape index (κ2) is 6.76. The van der Waals surface area contributed by atoms with Crippen molar-refractivity contribution in [2.45, 2.75) is 53.1 Å². The molecule has 0 bridgehead atoms. The molecule has 1 aromatic heterocycles. The maximum Gasteiger partial charge on any atom is 0.291 e. The molecule has 1 N–H and O–H groups in total. The second-order valence-electron chi connectivity index (χ2n) is 8.15. The number of carbonyl (C=O) groups is 2. The number of benzene rings is 2. The van der Waals surface area contributed by atoms with Gasteiger partial charge in [0.1, 0.15) is 16.9 Å². The van der Waals surface area contributed by atoms with Crippen LogP contribution in [-0.4, -0.2) is 17.3 Å². The normalized spacial score (nSPS) is 18.4. The highest BCUT2D eigenvalue weighted by Crippen LogP contribution is 2.41. The molecule has 1 amide bonds. The van der Waals surface area contributed by atoms with Crippen LogP contribution in [0.3, 0.4) is 0 Å². The van der Waals surface area contributed by atoms with Crippen LogP contribution in [0.25, 0.3) is 11.0 Å². The Morgan fingerprint density at radius 2 is 1.93 bits per heavy atom. The standard InChI is InChI=1S/C24H25NO4/c1-6-24(5)12-17(26)21-19(29-24)10-9-18-20(21)15(4)22(28-18)23(27)25-16-11-13(2)7-8-14(16)3/h7-11H,6,12H2,1-5H3,(H,25,27)/t24-/m0/s1. The lowest BCUT2D eigenvalue weighted by molar-refractivity contribution is 0.0503. The lowest BCUT2D eigenvalue weighted by Gasteiger charge is -2.34. The van der Waals surface area contributed by atoms with E-state index < -0.39 is 5.60 Å². The second-order valence-corrected chi connectivity index (χ2v) is 8.15. The summed E-state index contributed by atoms with van der Waals surface area (Å²) in [6, 6.07) is 9.42. The minimum absolute atomic E-state index is 0.0200. The fourth-order valence-corrected chi connectivity index (χ4v) is 3.88. The van der Waals surface area contributed by atoms with E-state index in [0.717, 1.165) is 23.2 Å². The van der Waals surface area contributed by atoms with Crippen LogP contribution in [0.4, 0.5) is 5.69 Å². The number of fused-ring (bicyclic) bond motifs is 3. The minimum atomic E-state index is -0.502. The van der Waals surface area contributed by atoms with Gasteiger partial charge in [0.2, 0.25) is 0 Å². The van der Waals surface area contributed by atoms with E-state index in [2.05, 4.69) is 5.32 Å². The summed E-state index contributed by atoms with van der Waals surface area (Å²) >= 11 is 0. The Kier molecular flexibility index (Phi) is 4.49. The van der Waals surface area contributed by atoms with Crippen molar-refractivity contribution in [3.05, 3.63) is 58.3 Å². The number of aryl methyl sites for hydroxylation is 3. The van der Waals surface area contributed by atoms with Gasteiger partial charge in [0.05, 0.1) is 12.0 Å². The van der Waals surface area contributed by atoms with E-state index in [1.54, 1.807) is 12.1 Å². The molecule has 4 rings (SSSR count). The summed E-state index contributed by atoms with van der Waals surface area (Å²) in [5, 5.41) is 3.60. The molecule has 0 radical (unpaired) electrons. The van der Waals surface area contributed by atoms with Gasteiger partial charge in [-0.2, -0.15) is 0 Å². The number of furan rings is 1. The highest BCUT2D eigenvalue weighted by atomic mass is 16.5. The van der Waals surface area contributed by atoms with Crippen molar-refractivity contribution in [2.24, 2.45) is 0 Å². The van der Waals surface area contributed by atoms with Crippen LogP contribution >= 0.6 is 0 Å². The van der Waals surface area contributed by atoms with Crippen LogP contribution in [0.1, 0.15) is 64.3 Å². The Hall–Kier alpha value is -3.08. The van der Waals surface area contributed by atoms with Gasteiger partial charge in [0, 0.05) is 16.6 Å². The molecular formula is C24H25NO4. The summed E-state index contributed by atoms with van der Waals surface area (Å²) in [5.41, 5.74) is 3.95. The number of ether oxygens (including phenoxy) is 1. The van der Waals surface area contributed by atoms with Gasteiger partial charge in [-0.15, -0.1) is 0 Å². The Balaban J connectivity index is 1.77. The summed E-state index contributed by atoms with van der Waals surface area (Å²) in [4.78, 5) is 25.9. The third-order valence-corrected chi connectivity index (χ3v) is 5.82. The van der Waals surface area contributed by atoms with E-state index >= 15 is 0 Å². The molecule has 0 saturated carbocycles. The highest BCUT2D eigenvalue weighted by molar-refractivity contribution is 6.14. The third-order valence-electron chi connectivity index (χ3n) is 5.82. The molecule has 0 fully saturated rings. The van der Waals surface area contributed by atoms with E-state index in [9.17, 15) is 9.59 Å². The summed E-state index contributed by atoms with van der Waals surface area (Å²) in [6.45, 7) is 9.69. The average Bonchev–Trinajstić information content (AvgIpc) is 3.01. The smallest absolute Gasteiger partial charge is 0.291 e. The number of amides is 1. The van der Waals surface area contributed by atoms with E-state index in [1.807, 2.05) is 52.8 Å². The van der Waals surface area contributed by atoms with E-state index in [1.165, 1.54) is 0 Å². The van der Waals surface area contributed by atoms with Crippen LogP contribution in [0.15, 0.2) is 34.7 Å². The van der Waals surface area contributed by atoms with Crippen LogP contribution in [0, 0.1) is 20.8 Å². The first-order valence-electron chi connectivity index (χ1n) is 9.89. The molecule has 5 nitrogen and oxygen atoms in total. The predicted molar refractivity (Wildman–Crippen MR) is 113 cm³/mol. The lowest BCUT2D eigenvalue weighted by Crippen LogP contribution is -2.38. The van der Waals surface area contributed by atoms with Gasteiger partial charge in [-0.3, -0.25) is 9.59 Å². The van der Waals surface area contributed by atoms with Gasteiger partial charge in [-0.1, -0.05) is 19.1 Å². The number of ketones is 1. The largest absolute Gasteiger partial charge is 0.486 e. The first-order valence-corrected chi connectivity index (χ1v) is 9.89. The van der Waals surface area contributed by atoms with Crippen molar-refractivity contribution in [3.63, 3.8) is 0 Å². The minimum Gasteiger partial charge on any atom is -0.486 e. The lowest BCUT2D eigenvalue weighted by atomic mass is 9.87. The van der Waals surface area contributed by atoms with E-state index in [-0.39, 0.29) is 17.5 Å². The Morgan fingerprint density at radius 1 is 1.17 bits per heavy atom. The monoisotopic (exact) mass is 391 g/mol. The molecular weight excluding hydrogens is 366 g/mol. The first-order chi connectivity index (χ1) is 13.7. The van der Waals surface area contributed by atoms with Gasteiger partial charge in [-0.25, -0.2) is 0 Å². The van der Waals surface area contributed by atoms with Crippen molar-refractivity contribution in [2.75, 3.05) is 5.32 Å². The molecule has 3 aromatic rings. The molecule has 0 aliphatic carbocycles. The van der Waals surface area contributed by atoms with Crippen LogP contribution in [-0.2, 0) is 0 Å². The van der Waals surface area contributed by atoms with Crippen molar-refractivity contribution < 1.29 is 18.7 Å². The first kappa shape index (κ1) is 19.2. The molecule has 2 aromatic carbocycles. The molecule has 5 heteroatoms. The van der Waals surface area contributed by atoms with Crippen molar-refractivity contribution in [3.8, 4) is 5.75 Å². The van der Waals surface area contributed by atoms with Gasteiger partial charge in [0.25, 0.3) is 5.91 Å². The van der Waals surface area contributed by atoms with Crippen molar-refractivity contribution in [1.82, 2.24) is 0 Å². The molecule has 1 atom stereocenters. The van der Waals surface area contributed by atoms with Gasteiger partial charge in [0.15, 0.2) is 11.5 Å². The van der Waals surface area contributed by atoms with Crippen molar-refractivity contribution in [1.29, 1.82) is 0 Å². The summed E-state index contributed by atoms with van der Waals surface area (Å²) in [6.07, 6.45) is 1.05. The number of rotatable bonds is 3. The molecule has 150 valence electrons. The number of hydrogen-bond donors (Lipinski definition) is 1. The number of hydrogen-bond acceptors (Lipinski definition) is 4. The predicted octanol–water partition coefficient (Wildman–Crippen LogP) is 5.74. The zero-order chi connectivity index (χ0) is 20.9. The maximum atomic E-state index is 13.0. The Bertz CT molecular complexity index is 1160. The highest BCUT2D eigenvalue weighted by Gasteiger charge is 2.37. The number of anilines is 1. The van der Waals surface area contributed by atoms with Gasteiger partial charge >= 0.3 is 0 Å². The molecule has 1 aliphatic heterocycles. The average molecular weight is 391 g/mol. The number of carbonyl (C=O) groups excluding carboxylic acids is 2. The summed E-state index contributed by atoms with van der Waals surface area (Å²) in [7, 11) is 0. The van der Waals surface area contributed by atoms with Crippen molar-refractivity contribution >= 4 is 28.3 Å². The topological polar surface area (TPSA) is 68.5 Å². The SMILES string of the molecule is CC[C@@]1(C)CC(=O)c2c(ccc3oc(C(=O)Nc4cc(C)ccc4C)c(C)c23)O1. The molecule has 29 heavy (non-hydrogen) atoms. The zero-order valence-electron chi connectivity index (χ0n) is 17.4. The molecule has 2 heterocycles. The number of nitrogens with one attached hydrogen (secondary N) is 1. The van der Waals surface area contributed by atoms with Crippen LogP contribution < -0.4 is 10.1 Å². The summed E-state index contributed by atoms with van der Waals surface area (Å²) in [5.74, 6) is 0.463. The third kappa shape index (κ3) is 3.20. The molecule has 0 saturated heterocycles. The zero-order valence-corrected chi connectivity index (χ0v) is 17.4. The van der Waals surface area contributed by atoms with E-state index in [0.29, 0.717) is 34.3 Å². The van der Waals surface area contributed by atoms with Gasteiger partial charge in [-0.05, 0) is 63.4 Å². The maximum absolute atomic E-state index is 13.0. The fourth-order valence-electron chi connectivity index (χ4n) is 3.88. The van der Waals surface area contributed by atoms with Crippen LogP contribution in [0.2, 0.25) is 0 Å².